The van der Waals surface area contributed by atoms with Crippen LogP contribution in [-0.4, -0.2) is 13.0 Å². The Kier molecular flexibility index (Phi) is 5.14. The lowest BCUT2D eigenvalue weighted by Gasteiger charge is -2.27. The largest absolute Gasteiger partial charge is 0.497 e. The molecule has 1 atom stereocenters. The van der Waals surface area contributed by atoms with Crippen LogP contribution in [0.5, 0.6) is 5.75 Å². The van der Waals surface area contributed by atoms with Crippen LogP contribution >= 0.6 is 0 Å². The van der Waals surface area contributed by atoms with Crippen LogP contribution in [0.3, 0.4) is 0 Å². The lowest BCUT2D eigenvalue weighted by molar-refractivity contribution is -0.121. The standard InChI is InChI=1S/C20H22FNO2/c1-24-17-10-11-18-15(13-17)3-2-4-19(18)22-20(23)12-7-14-5-8-16(21)9-6-14/h5-6,8-11,13,19H,2-4,7,12H2,1H3,(H,22,23)/t19-/m0/s1. The molecule has 0 radical (unpaired) electrons. The van der Waals surface area contributed by atoms with Crippen molar-refractivity contribution in [3.05, 3.63) is 65.0 Å². The van der Waals surface area contributed by atoms with Crippen LogP contribution in [0.2, 0.25) is 0 Å². The minimum atomic E-state index is -0.252. The van der Waals surface area contributed by atoms with Gasteiger partial charge in [-0.2, -0.15) is 0 Å². The number of aryl methyl sites for hydroxylation is 2. The first kappa shape index (κ1) is 16.5. The normalized spacial score (nSPS) is 16.3. The van der Waals surface area contributed by atoms with Crippen LogP contribution in [0.1, 0.15) is 42.0 Å². The summed E-state index contributed by atoms with van der Waals surface area (Å²) in [5.74, 6) is 0.641. The summed E-state index contributed by atoms with van der Waals surface area (Å²) in [6.45, 7) is 0. The summed E-state index contributed by atoms with van der Waals surface area (Å²) in [5, 5.41) is 3.14. The van der Waals surface area contributed by atoms with Crippen LogP contribution in [0, 0.1) is 5.82 Å². The van der Waals surface area contributed by atoms with Gasteiger partial charge in [0.05, 0.1) is 13.2 Å². The van der Waals surface area contributed by atoms with E-state index < -0.39 is 0 Å². The van der Waals surface area contributed by atoms with Gasteiger partial charge in [0.15, 0.2) is 0 Å². The van der Waals surface area contributed by atoms with Crippen molar-refractivity contribution < 1.29 is 13.9 Å². The van der Waals surface area contributed by atoms with Crippen molar-refractivity contribution in [1.29, 1.82) is 0 Å². The third-order valence-corrected chi connectivity index (χ3v) is 4.55. The molecule has 0 bridgehead atoms. The predicted octanol–water partition coefficient (Wildman–Crippen LogP) is 3.96. The molecule has 1 amide bonds. The molecule has 0 aromatic heterocycles. The third kappa shape index (κ3) is 3.94. The molecular weight excluding hydrogens is 305 g/mol. The molecule has 2 aromatic carbocycles. The molecule has 0 heterocycles. The van der Waals surface area contributed by atoms with E-state index in [1.54, 1.807) is 19.2 Å². The summed E-state index contributed by atoms with van der Waals surface area (Å²) < 4.78 is 18.2. The molecule has 0 fully saturated rings. The van der Waals surface area contributed by atoms with Gasteiger partial charge in [-0.3, -0.25) is 4.79 Å². The molecule has 2 aromatic rings. The van der Waals surface area contributed by atoms with Crippen molar-refractivity contribution in [3.8, 4) is 5.75 Å². The van der Waals surface area contributed by atoms with Gasteiger partial charge in [0.25, 0.3) is 0 Å². The number of benzene rings is 2. The number of ether oxygens (including phenoxy) is 1. The molecule has 0 unspecified atom stereocenters. The van der Waals surface area contributed by atoms with Crippen molar-refractivity contribution in [1.82, 2.24) is 5.32 Å². The maximum absolute atomic E-state index is 12.9. The maximum Gasteiger partial charge on any atom is 0.220 e. The van der Waals surface area contributed by atoms with Crippen molar-refractivity contribution in [3.63, 3.8) is 0 Å². The van der Waals surface area contributed by atoms with E-state index in [0.29, 0.717) is 12.8 Å². The average molecular weight is 327 g/mol. The third-order valence-electron chi connectivity index (χ3n) is 4.55. The van der Waals surface area contributed by atoms with E-state index in [-0.39, 0.29) is 17.8 Å². The van der Waals surface area contributed by atoms with Crippen LogP contribution in [0.25, 0.3) is 0 Å². The Morgan fingerprint density at radius 3 is 2.79 bits per heavy atom. The number of hydrogen-bond acceptors (Lipinski definition) is 2. The number of amides is 1. The van der Waals surface area contributed by atoms with Crippen molar-refractivity contribution >= 4 is 5.91 Å². The van der Waals surface area contributed by atoms with E-state index in [4.69, 9.17) is 4.74 Å². The first-order chi connectivity index (χ1) is 11.7. The van der Waals surface area contributed by atoms with Gasteiger partial charge in [-0.05, 0) is 66.6 Å². The highest BCUT2D eigenvalue weighted by Gasteiger charge is 2.22. The SMILES string of the molecule is COc1ccc2c(c1)CCC[C@@H]2NC(=O)CCc1ccc(F)cc1. The van der Waals surface area contributed by atoms with Gasteiger partial charge in [0.2, 0.25) is 5.91 Å². The highest BCUT2D eigenvalue weighted by molar-refractivity contribution is 5.76. The van der Waals surface area contributed by atoms with E-state index >= 15 is 0 Å². The Hall–Kier alpha value is -2.36. The monoisotopic (exact) mass is 327 g/mol. The van der Waals surface area contributed by atoms with Crippen LogP contribution in [0.15, 0.2) is 42.5 Å². The van der Waals surface area contributed by atoms with Gasteiger partial charge in [-0.25, -0.2) is 4.39 Å². The lowest BCUT2D eigenvalue weighted by Crippen LogP contribution is -2.31. The van der Waals surface area contributed by atoms with Crippen molar-refractivity contribution in [2.24, 2.45) is 0 Å². The van der Waals surface area contributed by atoms with Gasteiger partial charge < -0.3 is 10.1 Å². The van der Waals surface area contributed by atoms with E-state index in [1.165, 1.54) is 23.3 Å². The summed E-state index contributed by atoms with van der Waals surface area (Å²) in [5.41, 5.74) is 3.42. The smallest absolute Gasteiger partial charge is 0.220 e. The van der Waals surface area contributed by atoms with Crippen LogP contribution < -0.4 is 10.1 Å². The second-order valence-electron chi connectivity index (χ2n) is 6.20. The number of fused-ring (bicyclic) bond motifs is 1. The minimum absolute atomic E-state index is 0.0352. The zero-order chi connectivity index (χ0) is 16.9. The highest BCUT2D eigenvalue weighted by Crippen LogP contribution is 2.32. The predicted molar refractivity (Wildman–Crippen MR) is 91.5 cm³/mol. The first-order valence-corrected chi connectivity index (χ1v) is 8.36. The molecule has 1 aliphatic carbocycles. The molecule has 4 heteroatoms. The van der Waals surface area contributed by atoms with Crippen LogP contribution in [0.4, 0.5) is 4.39 Å². The van der Waals surface area contributed by atoms with Crippen molar-refractivity contribution in [2.75, 3.05) is 7.11 Å². The number of carbonyl (C=O) groups excluding carboxylic acids is 1. The van der Waals surface area contributed by atoms with Gasteiger partial charge in [-0.15, -0.1) is 0 Å². The van der Waals surface area contributed by atoms with Gasteiger partial charge in [0, 0.05) is 6.42 Å². The summed E-state index contributed by atoms with van der Waals surface area (Å²) in [4.78, 5) is 12.3. The molecule has 1 aliphatic rings. The number of rotatable bonds is 5. The zero-order valence-electron chi connectivity index (χ0n) is 13.8. The Bertz CT molecular complexity index is 712. The molecular formula is C20H22FNO2. The molecule has 24 heavy (non-hydrogen) atoms. The number of halogens is 1. The highest BCUT2D eigenvalue weighted by atomic mass is 19.1. The molecule has 0 saturated carbocycles. The zero-order valence-corrected chi connectivity index (χ0v) is 13.8. The molecule has 3 nitrogen and oxygen atoms in total. The Balaban J connectivity index is 1.60. The quantitative estimate of drug-likeness (QED) is 0.903. The van der Waals surface area contributed by atoms with Crippen LogP contribution in [-0.2, 0) is 17.6 Å². The minimum Gasteiger partial charge on any atom is -0.497 e. The van der Waals surface area contributed by atoms with Gasteiger partial charge >= 0.3 is 0 Å². The summed E-state index contributed by atoms with van der Waals surface area (Å²) in [7, 11) is 1.67. The summed E-state index contributed by atoms with van der Waals surface area (Å²) >= 11 is 0. The molecule has 3 rings (SSSR count). The second kappa shape index (κ2) is 7.47. The topological polar surface area (TPSA) is 38.3 Å². The van der Waals surface area contributed by atoms with Crippen molar-refractivity contribution in [2.45, 2.75) is 38.1 Å². The van der Waals surface area contributed by atoms with E-state index in [9.17, 15) is 9.18 Å². The fourth-order valence-corrected chi connectivity index (χ4v) is 3.24. The molecule has 1 N–H and O–H groups in total. The van der Waals surface area contributed by atoms with Gasteiger partial charge in [-0.1, -0.05) is 18.2 Å². The average Bonchev–Trinajstić information content (AvgIpc) is 2.61. The lowest BCUT2D eigenvalue weighted by atomic mass is 9.87. The van der Waals surface area contributed by atoms with E-state index in [0.717, 1.165) is 30.6 Å². The number of hydrogen-bond donors (Lipinski definition) is 1. The Morgan fingerprint density at radius 1 is 1.25 bits per heavy atom. The fourth-order valence-electron chi connectivity index (χ4n) is 3.24. The number of methoxy groups -OCH3 is 1. The molecule has 0 saturated heterocycles. The molecule has 0 spiro atoms. The number of carbonyl (C=O) groups is 1. The Labute approximate surface area is 141 Å². The van der Waals surface area contributed by atoms with Gasteiger partial charge in [0.1, 0.15) is 11.6 Å². The number of nitrogens with one attached hydrogen (secondary N) is 1. The van der Waals surface area contributed by atoms with E-state index in [2.05, 4.69) is 17.4 Å². The summed E-state index contributed by atoms with van der Waals surface area (Å²) in [6, 6.07) is 12.4. The fraction of sp³-hybridized carbons (Fsp3) is 0.350. The molecule has 0 aliphatic heterocycles. The second-order valence-corrected chi connectivity index (χ2v) is 6.20. The van der Waals surface area contributed by atoms with E-state index in [1.807, 2.05) is 6.07 Å². The first-order valence-electron chi connectivity index (χ1n) is 8.36. The Morgan fingerprint density at radius 2 is 2.04 bits per heavy atom. The summed E-state index contributed by atoms with van der Waals surface area (Å²) in [6.07, 6.45) is 4.07. The molecule has 126 valence electrons. The maximum atomic E-state index is 12.9.